The molecule has 1 aromatic rings. The van der Waals surface area contributed by atoms with Crippen molar-refractivity contribution in [2.45, 2.75) is 82.5 Å². The van der Waals surface area contributed by atoms with Gasteiger partial charge in [0.1, 0.15) is 11.2 Å². The van der Waals surface area contributed by atoms with Crippen molar-refractivity contribution < 1.29 is 14.4 Å². The normalized spacial score (nSPS) is 25.8. The molecule has 2 heterocycles. The number of fused-ring (bicyclic) bond motifs is 1. The highest BCUT2D eigenvalue weighted by molar-refractivity contribution is 6.01. The lowest BCUT2D eigenvalue weighted by Gasteiger charge is -2.41. The van der Waals surface area contributed by atoms with E-state index >= 15 is 0 Å². The molecule has 2 aliphatic carbocycles. The van der Waals surface area contributed by atoms with Gasteiger partial charge in [-0.1, -0.05) is 25.7 Å². The number of hydrogen-bond donors (Lipinski definition) is 2. The molecule has 2 N–H and O–H groups in total. The molecule has 2 saturated carbocycles. The molecular weight excluding hydrogens is 358 g/mol. The number of carbonyl (C=O) groups excluding carboxylic acids is 3. The Labute approximate surface area is 165 Å². The smallest absolute Gasteiger partial charge is 0.272 e. The minimum absolute atomic E-state index is 0.152. The van der Waals surface area contributed by atoms with E-state index in [-0.39, 0.29) is 42.0 Å². The Morgan fingerprint density at radius 3 is 2.36 bits per heavy atom. The predicted molar refractivity (Wildman–Crippen MR) is 103 cm³/mol. The number of hydrogen-bond acceptors (Lipinski definition) is 4. The SMILES string of the molecule is CN1C(=O)c2cc(C(=O)NC3CC3)nn2CC1(C)C(=O)NC1CCCCCC1. The summed E-state index contributed by atoms with van der Waals surface area (Å²) in [4.78, 5) is 39.8. The molecule has 1 unspecified atom stereocenters. The van der Waals surface area contributed by atoms with Crippen molar-refractivity contribution in [2.75, 3.05) is 7.05 Å². The lowest BCUT2D eigenvalue weighted by Crippen LogP contribution is -2.63. The summed E-state index contributed by atoms with van der Waals surface area (Å²) in [7, 11) is 1.65. The number of amides is 3. The first-order valence-electron chi connectivity index (χ1n) is 10.4. The van der Waals surface area contributed by atoms with Gasteiger partial charge >= 0.3 is 0 Å². The number of nitrogens with zero attached hydrogens (tertiary/aromatic N) is 3. The molecule has 2 fully saturated rings. The second-order valence-corrected chi connectivity index (χ2v) is 8.62. The van der Waals surface area contributed by atoms with Crippen LogP contribution in [0.3, 0.4) is 0 Å². The summed E-state index contributed by atoms with van der Waals surface area (Å²) < 4.78 is 1.51. The highest BCUT2D eigenvalue weighted by Gasteiger charge is 2.46. The quantitative estimate of drug-likeness (QED) is 0.765. The van der Waals surface area contributed by atoms with E-state index < -0.39 is 5.54 Å². The molecule has 152 valence electrons. The molecule has 28 heavy (non-hydrogen) atoms. The highest BCUT2D eigenvalue weighted by atomic mass is 16.2. The molecule has 8 nitrogen and oxygen atoms in total. The number of likely N-dealkylation sites (N-methyl/N-ethyl adjacent to an activating group) is 1. The fourth-order valence-corrected chi connectivity index (χ4v) is 4.09. The number of rotatable bonds is 4. The van der Waals surface area contributed by atoms with E-state index in [0.717, 1.165) is 38.5 Å². The minimum Gasteiger partial charge on any atom is -0.351 e. The first kappa shape index (κ1) is 19.0. The van der Waals surface area contributed by atoms with Crippen molar-refractivity contribution in [3.63, 3.8) is 0 Å². The third-order valence-electron chi connectivity index (χ3n) is 6.33. The van der Waals surface area contributed by atoms with Gasteiger partial charge in [-0.2, -0.15) is 5.10 Å². The Hall–Kier alpha value is -2.38. The zero-order valence-electron chi connectivity index (χ0n) is 16.7. The van der Waals surface area contributed by atoms with E-state index in [1.165, 1.54) is 28.5 Å². The van der Waals surface area contributed by atoms with Crippen molar-refractivity contribution in [1.29, 1.82) is 0 Å². The Balaban J connectivity index is 1.52. The van der Waals surface area contributed by atoms with E-state index in [1.807, 2.05) is 0 Å². The molecule has 8 heteroatoms. The summed E-state index contributed by atoms with van der Waals surface area (Å²) in [6.07, 6.45) is 8.61. The molecule has 0 spiro atoms. The van der Waals surface area contributed by atoms with Crippen molar-refractivity contribution in [3.05, 3.63) is 17.5 Å². The predicted octanol–water partition coefficient (Wildman–Crippen LogP) is 1.46. The van der Waals surface area contributed by atoms with Gasteiger partial charge in [0.05, 0.1) is 6.54 Å². The van der Waals surface area contributed by atoms with E-state index in [9.17, 15) is 14.4 Å². The maximum Gasteiger partial charge on any atom is 0.272 e. The lowest BCUT2D eigenvalue weighted by atomic mass is 9.95. The molecule has 0 aromatic carbocycles. The van der Waals surface area contributed by atoms with Crippen LogP contribution in [0, 0.1) is 0 Å². The summed E-state index contributed by atoms with van der Waals surface area (Å²) in [6, 6.07) is 1.91. The van der Waals surface area contributed by atoms with Gasteiger partial charge in [0, 0.05) is 25.2 Å². The average molecular weight is 387 g/mol. The van der Waals surface area contributed by atoms with Crippen LogP contribution in [0.5, 0.6) is 0 Å². The van der Waals surface area contributed by atoms with Gasteiger partial charge in [0.25, 0.3) is 11.8 Å². The number of carbonyl (C=O) groups is 3. The van der Waals surface area contributed by atoms with Crippen molar-refractivity contribution in [2.24, 2.45) is 0 Å². The summed E-state index contributed by atoms with van der Waals surface area (Å²) >= 11 is 0. The van der Waals surface area contributed by atoms with Gasteiger partial charge in [-0.3, -0.25) is 19.1 Å². The Morgan fingerprint density at radius 2 is 1.71 bits per heavy atom. The summed E-state index contributed by atoms with van der Waals surface area (Å²) in [5.41, 5.74) is -0.451. The van der Waals surface area contributed by atoms with Crippen LogP contribution in [-0.4, -0.2) is 57.1 Å². The minimum atomic E-state index is -1.04. The van der Waals surface area contributed by atoms with Gasteiger partial charge in [-0.05, 0) is 32.6 Å². The molecule has 1 aliphatic heterocycles. The second kappa shape index (κ2) is 7.22. The number of nitrogens with one attached hydrogen (secondary N) is 2. The fourth-order valence-electron chi connectivity index (χ4n) is 4.09. The molecule has 0 saturated heterocycles. The largest absolute Gasteiger partial charge is 0.351 e. The van der Waals surface area contributed by atoms with Crippen LogP contribution in [0.15, 0.2) is 6.07 Å². The van der Waals surface area contributed by atoms with E-state index in [0.29, 0.717) is 5.69 Å². The highest BCUT2D eigenvalue weighted by Crippen LogP contribution is 2.27. The topological polar surface area (TPSA) is 96.3 Å². The molecule has 0 radical (unpaired) electrons. The van der Waals surface area contributed by atoms with Crippen LogP contribution in [-0.2, 0) is 11.3 Å². The van der Waals surface area contributed by atoms with Gasteiger partial charge in [0.15, 0.2) is 5.69 Å². The van der Waals surface area contributed by atoms with Crippen molar-refractivity contribution in [3.8, 4) is 0 Å². The van der Waals surface area contributed by atoms with E-state index in [1.54, 1.807) is 14.0 Å². The molecule has 1 atom stereocenters. The van der Waals surface area contributed by atoms with Gasteiger partial charge < -0.3 is 15.5 Å². The Bertz CT molecular complexity index is 792. The summed E-state index contributed by atoms with van der Waals surface area (Å²) in [5, 5.41) is 10.4. The second-order valence-electron chi connectivity index (χ2n) is 8.62. The van der Waals surface area contributed by atoms with Crippen molar-refractivity contribution in [1.82, 2.24) is 25.3 Å². The molecule has 0 bridgehead atoms. The maximum atomic E-state index is 13.1. The zero-order chi connectivity index (χ0) is 19.9. The summed E-state index contributed by atoms with van der Waals surface area (Å²) in [6.45, 7) is 2.01. The van der Waals surface area contributed by atoms with Crippen LogP contribution >= 0.6 is 0 Å². The average Bonchev–Trinajstić information content (AvgIpc) is 3.43. The van der Waals surface area contributed by atoms with Crippen LogP contribution < -0.4 is 10.6 Å². The molecular formula is C20H29N5O3. The molecule has 1 aromatic heterocycles. The zero-order valence-corrected chi connectivity index (χ0v) is 16.7. The van der Waals surface area contributed by atoms with Gasteiger partial charge in [0.2, 0.25) is 5.91 Å². The van der Waals surface area contributed by atoms with Crippen LogP contribution in [0.2, 0.25) is 0 Å². The maximum absolute atomic E-state index is 13.1. The third kappa shape index (κ3) is 3.52. The molecule has 4 rings (SSSR count). The van der Waals surface area contributed by atoms with E-state index in [2.05, 4.69) is 15.7 Å². The molecule has 3 aliphatic rings. The van der Waals surface area contributed by atoms with Crippen LogP contribution in [0.25, 0.3) is 0 Å². The van der Waals surface area contributed by atoms with Crippen LogP contribution in [0.1, 0.15) is 79.3 Å². The summed E-state index contributed by atoms with van der Waals surface area (Å²) in [5.74, 6) is -0.701. The van der Waals surface area contributed by atoms with Crippen molar-refractivity contribution >= 4 is 17.7 Å². The molecule has 3 amide bonds. The van der Waals surface area contributed by atoms with E-state index in [4.69, 9.17) is 0 Å². The number of aromatic nitrogens is 2. The first-order chi connectivity index (χ1) is 13.4. The van der Waals surface area contributed by atoms with Gasteiger partial charge in [-0.25, -0.2) is 0 Å². The Kier molecular flexibility index (Phi) is 4.89. The van der Waals surface area contributed by atoms with Gasteiger partial charge in [-0.15, -0.1) is 0 Å². The lowest BCUT2D eigenvalue weighted by molar-refractivity contribution is -0.133. The third-order valence-corrected chi connectivity index (χ3v) is 6.33. The monoisotopic (exact) mass is 387 g/mol. The standard InChI is InChI=1S/C20H29N5O3/c1-20(19(28)22-13-7-5-3-4-6-8-13)12-25-16(18(27)24(20)2)11-15(23-25)17(26)21-14-9-10-14/h11,13-14H,3-10,12H2,1-2H3,(H,21,26)(H,22,28). The first-order valence-corrected chi connectivity index (χ1v) is 10.4. The van der Waals surface area contributed by atoms with Crippen LogP contribution in [0.4, 0.5) is 0 Å². The fraction of sp³-hybridized carbons (Fsp3) is 0.700. The Morgan fingerprint density at radius 1 is 1.07 bits per heavy atom.